The number of anilines is 1. The third-order valence-electron chi connectivity index (χ3n) is 3.71. The Morgan fingerprint density at radius 3 is 2.58 bits per heavy atom. The number of sulfone groups is 1. The van der Waals surface area contributed by atoms with Crippen LogP contribution in [0.1, 0.15) is 17.3 Å². The number of aliphatic hydroxyl groups excluding tert-OH is 1. The molecule has 0 aliphatic heterocycles. The largest absolute Gasteiger partial charge is 0.496 e. The fraction of sp³-hybridized carbons (Fsp3) is 0.278. The molecule has 0 saturated heterocycles. The number of methoxy groups -OCH3 is 1. The lowest BCUT2D eigenvalue weighted by Crippen LogP contribution is -2.18. The summed E-state index contributed by atoms with van der Waals surface area (Å²) >= 11 is 6.04. The van der Waals surface area contributed by atoms with Gasteiger partial charge in [-0.1, -0.05) is 30.7 Å². The van der Waals surface area contributed by atoms with Gasteiger partial charge in [0, 0.05) is 6.61 Å². The van der Waals surface area contributed by atoms with Crippen molar-refractivity contribution < 1.29 is 23.1 Å². The summed E-state index contributed by atoms with van der Waals surface area (Å²) in [6, 6.07) is 10.8. The molecule has 6 nitrogen and oxygen atoms in total. The van der Waals surface area contributed by atoms with E-state index >= 15 is 0 Å². The van der Waals surface area contributed by atoms with Crippen molar-refractivity contribution in [2.45, 2.75) is 11.8 Å². The van der Waals surface area contributed by atoms with Gasteiger partial charge in [0.25, 0.3) is 5.91 Å². The highest BCUT2D eigenvalue weighted by molar-refractivity contribution is 7.91. The number of ether oxygens (including phenoxy) is 1. The predicted octanol–water partition coefficient (Wildman–Crippen LogP) is 3.00. The smallest absolute Gasteiger partial charge is 0.259 e. The van der Waals surface area contributed by atoms with E-state index < -0.39 is 21.7 Å². The molecule has 2 N–H and O–H groups in total. The summed E-state index contributed by atoms with van der Waals surface area (Å²) in [7, 11) is -2.26. The molecule has 0 saturated carbocycles. The lowest BCUT2D eigenvalue weighted by Gasteiger charge is -2.13. The van der Waals surface area contributed by atoms with E-state index in [1.54, 1.807) is 31.2 Å². The lowest BCUT2D eigenvalue weighted by atomic mass is 10.2. The Hall–Kier alpha value is -2.09. The Kier molecular flexibility index (Phi) is 6.63. The van der Waals surface area contributed by atoms with Crippen LogP contribution in [0.25, 0.3) is 0 Å². The Labute approximate surface area is 157 Å². The molecule has 0 heterocycles. The highest BCUT2D eigenvalue weighted by Gasteiger charge is 2.22. The van der Waals surface area contributed by atoms with Crippen molar-refractivity contribution in [3.8, 4) is 5.75 Å². The zero-order chi connectivity index (χ0) is 19.3. The van der Waals surface area contributed by atoms with E-state index in [0.717, 1.165) is 0 Å². The van der Waals surface area contributed by atoms with E-state index in [-0.39, 0.29) is 28.6 Å². The van der Waals surface area contributed by atoms with Gasteiger partial charge in [-0.3, -0.25) is 4.79 Å². The molecule has 0 radical (unpaired) electrons. The topological polar surface area (TPSA) is 92.7 Å². The van der Waals surface area contributed by atoms with Crippen LogP contribution in [0.2, 0.25) is 5.02 Å². The molecule has 0 aliphatic rings. The summed E-state index contributed by atoms with van der Waals surface area (Å²) in [5, 5.41) is 12.1. The highest BCUT2D eigenvalue weighted by Crippen LogP contribution is 2.27. The SMILES string of the molecule is COc1ccc(S(=O)(=O)C[C@@H](C)CO)cc1C(=O)Nc1ccccc1Cl. The number of amides is 1. The van der Waals surface area contributed by atoms with E-state index in [9.17, 15) is 13.2 Å². The molecule has 2 aromatic carbocycles. The maximum atomic E-state index is 12.6. The summed E-state index contributed by atoms with van der Waals surface area (Å²) in [5.74, 6) is -0.935. The summed E-state index contributed by atoms with van der Waals surface area (Å²) in [6.07, 6.45) is 0. The minimum Gasteiger partial charge on any atom is -0.496 e. The first kappa shape index (κ1) is 20.2. The van der Waals surface area contributed by atoms with Gasteiger partial charge in [0.15, 0.2) is 9.84 Å². The zero-order valence-electron chi connectivity index (χ0n) is 14.4. The predicted molar refractivity (Wildman–Crippen MR) is 101 cm³/mol. The first-order valence-corrected chi connectivity index (χ1v) is 9.89. The van der Waals surface area contributed by atoms with Crippen LogP contribution in [0.5, 0.6) is 5.75 Å². The van der Waals surface area contributed by atoms with Gasteiger partial charge >= 0.3 is 0 Å². The summed E-state index contributed by atoms with van der Waals surface area (Å²) < 4.78 is 30.1. The molecule has 26 heavy (non-hydrogen) atoms. The molecule has 0 aliphatic carbocycles. The second kappa shape index (κ2) is 8.53. The fourth-order valence-corrected chi connectivity index (χ4v) is 4.14. The second-order valence-corrected chi connectivity index (χ2v) is 8.31. The molecule has 0 aromatic heterocycles. The minimum absolute atomic E-state index is 0.0112. The molecule has 1 atom stereocenters. The Balaban J connectivity index is 2.38. The zero-order valence-corrected chi connectivity index (χ0v) is 16.0. The van der Waals surface area contributed by atoms with Crippen molar-refractivity contribution >= 4 is 33.0 Å². The van der Waals surface area contributed by atoms with Crippen molar-refractivity contribution in [3.05, 3.63) is 53.1 Å². The van der Waals surface area contributed by atoms with Crippen LogP contribution in [-0.2, 0) is 9.84 Å². The summed E-state index contributed by atoms with van der Waals surface area (Å²) in [5.41, 5.74) is 0.480. The van der Waals surface area contributed by atoms with Crippen LogP contribution < -0.4 is 10.1 Å². The van der Waals surface area contributed by atoms with Crippen LogP contribution >= 0.6 is 11.6 Å². The third-order valence-corrected chi connectivity index (χ3v) is 6.02. The van der Waals surface area contributed by atoms with Gasteiger partial charge in [-0.25, -0.2) is 8.42 Å². The van der Waals surface area contributed by atoms with E-state index in [2.05, 4.69) is 5.32 Å². The Morgan fingerprint density at radius 1 is 1.27 bits per heavy atom. The van der Waals surface area contributed by atoms with Crippen molar-refractivity contribution in [1.29, 1.82) is 0 Å². The summed E-state index contributed by atoms with van der Waals surface area (Å²) in [6.45, 7) is 1.39. The molecule has 2 aromatic rings. The van der Waals surface area contributed by atoms with Crippen LogP contribution in [0.15, 0.2) is 47.4 Å². The standard InChI is InChI=1S/C18H20ClNO5S/c1-12(10-21)11-26(23,24)13-7-8-17(25-2)14(9-13)18(22)20-16-6-4-3-5-15(16)19/h3-9,12,21H,10-11H2,1-2H3,(H,20,22)/t12-/m0/s1. The maximum absolute atomic E-state index is 12.6. The first-order chi connectivity index (χ1) is 12.3. The van der Waals surface area contributed by atoms with Crippen LogP contribution in [0, 0.1) is 5.92 Å². The van der Waals surface area contributed by atoms with Gasteiger partial charge in [-0.05, 0) is 36.2 Å². The number of hydrogen-bond acceptors (Lipinski definition) is 5. The Morgan fingerprint density at radius 2 is 1.96 bits per heavy atom. The molecule has 0 spiro atoms. The molecule has 2 rings (SSSR count). The number of hydrogen-bond donors (Lipinski definition) is 2. The highest BCUT2D eigenvalue weighted by atomic mass is 35.5. The Bertz CT molecular complexity index is 898. The summed E-state index contributed by atoms with van der Waals surface area (Å²) in [4.78, 5) is 12.6. The number of benzene rings is 2. The number of rotatable bonds is 7. The van der Waals surface area contributed by atoms with Gasteiger partial charge < -0.3 is 15.2 Å². The van der Waals surface area contributed by atoms with Crippen molar-refractivity contribution in [2.75, 3.05) is 24.8 Å². The quantitative estimate of drug-likeness (QED) is 0.749. The average molecular weight is 398 g/mol. The van der Waals surface area contributed by atoms with E-state index in [4.69, 9.17) is 21.4 Å². The molecule has 140 valence electrons. The van der Waals surface area contributed by atoms with Crippen LogP contribution in [-0.4, -0.2) is 38.9 Å². The normalized spacial score (nSPS) is 12.5. The lowest BCUT2D eigenvalue weighted by molar-refractivity contribution is 0.102. The molecule has 1 amide bonds. The molecule has 8 heteroatoms. The number of carbonyl (C=O) groups excluding carboxylic acids is 1. The van der Waals surface area contributed by atoms with Gasteiger partial charge in [-0.15, -0.1) is 0 Å². The maximum Gasteiger partial charge on any atom is 0.259 e. The van der Waals surface area contributed by atoms with E-state index in [1.165, 1.54) is 25.3 Å². The van der Waals surface area contributed by atoms with Crippen molar-refractivity contribution in [2.24, 2.45) is 5.92 Å². The van der Waals surface area contributed by atoms with Gasteiger partial charge in [0.2, 0.25) is 0 Å². The number of halogens is 1. The second-order valence-electron chi connectivity index (χ2n) is 5.87. The van der Waals surface area contributed by atoms with Gasteiger partial charge in [0.1, 0.15) is 5.75 Å². The van der Waals surface area contributed by atoms with Gasteiger partial charge in [0.05, 0.1) is 34.0 Å². The van der Waals surface area contributed by atoms with Crippen LogP contribution in [0.4, 0.5) is 5.69 Å². The average Bonchev–Trinajstić information content (AvgIpc) is 2.62. The van der Waals surface area contributed by atoms with Crippen LogP contribution in [0.3, 0.4) is 0 Å². The molecular formula is C18H20ClNO5S. The number of carbonyl (C=O) groups is 1. The molecular weight excluding hydrogens is 378 g/mol. The van der Waals surface area contributed by atoms with Gasteiger partial charge in [-0.2, -0.15) is 0 Å². The minimum atomic E-state index is -3.66. The molecule has 0 fully saturated rings. The molecule has 0 bridgehead atoms. The van der Waals surface area contributed by atoms with Crippen molar-refractivity contribution in [1.82, 2.24) is 0 Å². The van der Waals surface area contributed by atoms with Crippen molar-refractivity contribution in [3.63, 3.8) is 0 Å². The number of aliphatic hydroxyl groups is 1. The fourth-order valence-electron chi connectivity index (χ4n) is 2.33. The third kappa shape index (κ3) is 4.75. The number of nitrogens with one attached hydrogen (secondary N) is 1. The first-order valence-electron chi connectivity index (χ1n) is 7.86. The monoisotopic (exact) mass is 397 g/mol. The number of para-hydroxylation sites is 1. The molecule has 0 unspecified atom stereocenters. The van der Waals surface area contributed by atoms with E-state index in [1.807, 2.05) is 0 Å². The van der Waals surface area contributed by atoms with E-state index in [0.29, 0.717) is 10.7 Å².